The second kappa shape index (κ2) is 5.73. The molecule has 110 valence electrons. The molecule has 0 aromatic heterocycles. The molecular weight excluding hydrogens is 299 g/mol. The molecule has 2 N–H and O–H groups in total. The highest BCUT2D eigenvalue weighted by Crippen LogP contribution is 2.35. The van der Waals surface area contributed by atoms with Gasteiger partial charge < -0.3 is 10.5 Å². The van der Waals surface area contributed by atoms with Crippen LogP contribution in [-0.2, 0) is 6.18 Å². The molecule has 0 saturated heterocycles. The third kappa shape index (κ3) is 3.72. The molecule has 0 unspecified atom stereocenters. The molecule has 0 aliphatic heterocycles. The lowest BCUT2D eigenvalue weighted by Gasteiger charge is -2.14. The van der Waals surface area contributed by atoms with Gasteiger partial charge in [-0.3, -0.25) is 0 Å². The Kier molecular flexibility index (Phi) is 4.18. The first-order valence-electron chi connectivity index (χ1n) is 6.03. The van der Waals surface area contributed by atoms with Crippen LogP contribution in [0.5, 0.6) is 11.5 Å². The summed E-state index contributed by atoms with van der Waals surface area (Å²) in [5.41, 5.74) is 5.16. The molecule has 2 aromatic carbocycles. The highest BCUT2D eigenvalue weighted by Gasteiger charge is 2.34. The molecule has 0 aliphatic carbocycles. The number of halogens is 3. The number of ether oxygens (including phenoxy) is 1. The van der Waals surface area contributed by atoms with Crippen LogP contribution in [0, 0.1) is 6.92 Å². The van der Waals surface area contributed by atoms with Gasteiger partial charge in [-0.2, -0.15) is 13.2 Å². The van der Waals surface area contributed by atoms with Gasteiger partial charge in [-0.15, -0.1) is 0 Å². The summed E-state index contributed by atoms with van der Waals surface area (Å²) in [5, 5.41) is 0. The third-order valence-electron chi connectivity index (χ3n) is 2.79. The highest BCUT2D eigenvalue weighted by atomic mass is 32.1. The maximum Gasteiger partial charge on any atom is 0.417 e. The van der Waals surface area contributed by atoms with E-state index in [0.717, 1.165) is 11.6 Å². The summed E-state index contributed by atoms with van der Waals surface area (Å²) in [7, 11) is 0. The van der Waals surface area contributed by atoms with Crippen molar-refractivity contribution in [3.05, 3.63) is 59.2 Å². The number of alkyl halides is 3. The number of hydrogen-bond donors (Lipinski definition) is 1. The van der Waals surface area contributed by atoms with Crippen molar-refractivity contribution in [2.24, 2.45) is 5.73 Å². The van der Waals surface area contributed by atoms with E-state index in [4.69, 9.17) is 10.5 Å². The van der Waals surface area contributed by atoms with Crippen LogP contribution in [0.25, 0.3) is 0 Å². The zero-order valence-electron chi connectivity index (χ0n) is 11.1. The van der Waals surface area contributed by atoms with Gasteiger partial charge in [0.1, 0.15) is 16.5 Å². The van der Waals surface area contributed by atoms with Crippen molar-refractivity contribution in [3.63, 3.8) is 0 Å². The first kappa shape index (κ1) is 15.3. The molecule has 0 amide bonds. The van der Waals surface area contributed by atoms with E-state index in [1.807, 2.05) is 13.0 Å². The second-order valence-electron chi connectivity index (χ2n) is 4.49. The minimum Gasteiger partial charge on any atom is -0.457 e. The van der Waals surface area contributed by atoms with Crippen molar-refractivity contribution in [2.45, 2.75) is 13.1 Å². The van der Waals surface area contributed by atoms with Gasteiger partial charge in [0, 0.05) is 5.56 Å². The molecule has 0 spiro atoms. The average molecular weight is 311 g/mol. The van der Waals surface area contributed by atoms with Crippen LogP contribution in [0.2, 0.25) is 0 Å². The molecule has 0 aliphatic rings. The monoisotopic (exact) mass is 311 g/mol. The summed E-state index contributed by atoms with van der Waals surface area (Å²) in [5.74, 6) is 0.541. The summed E-state index contributed by atoms with van der Waals surface area (Å²) >= 11 is 4.65. The van der Waals surface area contributed by atoms with Gasteiger partial charge in [0.15, 0.2) is 0 Å². The van der Waals surface area contributed by atoms with E-state index in [1.54, 1.807) is 18.2 Å². The van der Waals surface area contributed by atoms with Gasteiger partial charge in [0.05, 0.1) is 5.56 Å². The average Bonchev–Trinajstić information content (AvgIpc) is 2.37. The Morgan fingerprint density at radius 1 is 1.10 bits per heavy atom. The second-order valence-corrected chi connectivity index (χ2v) is 4.93. The Labute approximate surface area is 125 Å². The van der Waals surface area contributed by atoms with Crippen molar-refractivity contribution in [1.29, 1.82) is 0 Å². The summed E-state index contributed by atoms with van der Waals surface area (Å²) in [6.45, 7) is 1.87. The van der Waals surface area contributed by atoms with E-state index >= 15 is 0 Å². The fraction of sp³-hybridized carbons (Fsp3) is 0.133. The van der Waals surface area contributed by atoms with Crippen LogP contribution in [-0.4, -0.2) is 4.99 Å². The minimum absolute atomic E-state index is 0.0768. The molecule has 0 heterocycles. The van der Waals surface area contributed by atoms with E-state index in [2.05, 4.69) is 12.2 Å². The van der Waals surface area contributed by atoms with Gasteiger partial charge in [-0.1, -0.05) is 24.4 Å². The first-order valence-corrected chi connectivity index (χ1v) is 6.44. The van der Waals surface area contributed by atoms with Crippen LogP contribution in [0.3, 0.4) is 0 Å². The number of nitrogens with two attached hydrogens (primary N) is 1. The van der Waals surface area contributed by atoms with Gasteiger partial charge in [-0.05, 0) is 42.8 Å². The molecule has 0 radical (unpaired) electrons. The van der Waals surface area contributed by atoms with Crippen molar-refractivity contribution in [1.82, 2.24) is 0 Å². The van der Waals surface area contributed by atoms with Crippen LogP contribution >= 0.6 is 12.2 Å². The van der Waals surface area contributed by atoms with E-state index in [-0.39, 0.29) is 16.3 Å². The zero-order chi connectivity index (χ0) is 15.6. The quantitative estimate of drug-likeness (QED) is 0.851. The van der Waals surface area contributed by atoms with Crippen LogP contribution in [0.1, 0.15) is 16.7 Å². The van der Waals surface area contributed by atoms with E-state index in [9.17, 15) is 13.2 Å². The SMILES string of the molecule is Cc1cccc(Oc2ccc(C(N)=S)c(C(F)(F)F)c2)c1. The fourth-order valence-corrected chi connectivity index (χ4v) is 2.03. The smallest absolute Gasteiger partial charge is 0.417 e. The molecule has 2 aromatic rings. The van der Waals surface area contributed by atoms with Crippen LogP contribution < -0.4 is 10.5 Å². The van der Waals surface area contributed by atoms with Crippen LogP contribution in [0.15, 0.2) is 42.5 Å². The summed E-state index contributed by atoms with van der Waals surface area (Å²) in [6, 6.07) is 10.6. The molecule has 0 atom stereocenters. The molecule has 2 nitrogen and oxygen atoms in total. The lowest BCUT2D eigenvalue weighted by Crippen LogP contribution is -2.17. The molecule has 6 heteroatoms. The van der Waals surface area contributed by atoms with E-state index in [0.29, 0.717) is 5.75 Å². The van der Waals surface area contributed by atoms with E-state index in [1.165, 1.54) is 12.1 Å². The van der Waals surface area contributed by atoms with Crippen molar-refractivity contribution < 1.29 is 17.9 Å². The Morgan fingerprint density at radius 3 is 2.33 bits per heavy atom. The number of benzene rings is 2. The number of rotatable bonds is 3. The fourth-order valence-electron chi connectivity index (χ4n) is 1.85. The standard InChI is InChI=1S/C15H12F3NOS/c1-9-3-2-4-10(7-9)20-11-5-6-12(14(19)21)13(8-11)15(16,17)18/h2-8H,1H3,(H2,19,21). The predicted octanol–water partition coefficient (Wildman–Crippen LogP) is 4.44. The van der Waals surface area contributed by atoms with Gasteiger partial charge in [0.25, 0.3) is 0 Å². The number of hydrogen-bond acceptors (Lipinski definition) is 2. The van der Waals surface area contributed by atoms with Crippen LogP contribution in [0.4, 0.5) is 13.2 Å². The van der Waals surface area contributed by atoms with Gasteiger partial charge in [-0.25, -0.2) is 0 Å². The lowest BCUT2D eigenvalue weighted by molar-refractivity contribution is -0.137. The summed E-state index contributed by atoms with van der Waals surface area (Å²) < 4.78 is 44.5. The number of aryl methyl sites for hydroxylation is 1. The Balaban J connectivity index is 2.40. The molecule has 0 saturated carbocycles. The van der Waals surface area contributed by atoms with Gasteiger partial charge >= 0.3 is 6.18 Å². The zero-order valence-corrected chi connectivity index (χ0v) is 11.9. The predicted molar refractivity (Wildman–Crippen MR) is 78.6 cm³/mol. The van der Waals surface area contributed by atoms with E-state index < -0.39 is 11.7 Å². The Bertz CT molecular complexity index is 683. The Hall–Kier alpha value is -2.08. The summed E-state index contributed by atoms with van der Waals surface area (Å²) in [4.78, 5) is -0.301. The number of thiocarbonyl (C=S) groups is 1. The summed E-state index contributed by atoms with van der Waals surface area (Å²) in [6.07, 6.45) is -4.55. The lowest BCUT2D eigenvalue weighted by atomic mass is 10.1. The molecular formula is C15H12F3NOS. The van der Waals surface area contributed by atoms with Crippen molar-refractivity contribution >= 4 is 17.2 Å². The van der Waals surface area contributed by atoms with Gasteiger partial charge in [0.2, 0.25) is 0 Å². The van der Waals surface area contributed by atoms with Crippen molar-refractivity contribution in [2.75, 3.05) is 0 Å². The minimum atomic E-state index is -4.55. The molecule has 0 bridgehead atoms. The van der Waals surface area contributed by atoms with Crippen molar-refractivity contribution in [3.8, 4) is 11.5 Å². The maximum absolute atomic E-state index is 13.0. The maximum atomic E-state index is 13.0. The largest absolute Gasteiger partial charge is 0.457 e. The highest BCUT2D eigenvalue weighted by molar-refractivity contribution is 7.80. The molecule has 2 rings (SSSR count). The first-order chi connectivity index (χ1) is 9.77. The third-order valence-corrected chi connectivity index (χ3v) is 3.01. The molecule has 0 fully saturated rings. The molecule has 21 heavy (non-hydrogen) atoms. The Morgan fingerprint density at radius 2 is 1.76 bits per heavy atom. The topological polar surface area (TPSA) is 35.2 Å². The normalized spacial score (nSPS) is 11.2.